The lowest BCUT2D eigenvalue weighted by atomic mass is 10.1. The molecule has 2 N–H and O–H groups in total. The van der Waals surface area contributed by atoms with Crippen LogP contribution in [0.4, 0.5) is 0 Å². The summed E-state index contributed by atoms with van der Waals surface area (Å²) >= 11 is 0. The number of pyridine rings is 3. The monoisotopic (exact) mass is 457 g/mol. The molecule has 9 heteroatoms. The molecule has 9 nitrogen and oxygen atoms in total. The van der Waals surface area contributed by atoms with E-state index in [-0.39, 0.29) is 5.91 Å². The van der Waals surface area contributed by atoms with Gasteiger partial charge < -0.3 is 10.1 Å². The zero-order valence-corrected chi connectivity index (χ0v) is 19.1. The summed E-state index contributed by atoms with van der Waals surface area (Å²) in [4.78, 5) is 28.8. The van der Waals surface area contributed by atoms with Crippen LogP contribution in [0.5, 0.6) is 0 Å². The highest BCUT2D eigenvalue weighted by molar-refractivity contribution is 5.97. The highest BCUT2D eigenvalue weighted by Crippen LogP contribution is 2.29. The van der Waals surface area contributed by atoms with Crippen LogP contribution >= 0.6 is 0 Å². The van der Waals surface area contributed by atoms with Gasteiger partial charge in [-0.15, -0.1) is 0 Å². The van der Waals surface area contributed by atoms with Crippen molar-refractivity contribution in [2.45, 2.75) is 13.3 Å². The molecule has 1 aliphatic rings. The van der Waals surface area contributed by atoms with Crippen molar-refractivity contribution in [3.63, 3.8) is 0 Å². The molecule has 0 saturated carbocycles. The molecule has 0 radical (unpaired) electrons. The van der Waals surface area contributed by atoms with Gasteiger partial charge >= 0.3 is 0 Å². The van der Waals surface area contributed by atoms with Gasteiger partial charge in [0.2, 0.25) is 0 Å². The van der Waals surface area contributed by atoms with Crippen molar-refractivity contribution in [1.82, 2.24) is 35.4 Å². The molecule has 5 rings (SSSR count). The van der Waals surface area contributed by atoms with Crippen molar-refractivity contribution >= 4 is 16.9 Å². The zero-order chi connectivity index (χ0) is 23.3. The first kappa shape index (κ1) is 22.1. The van der Waals surface area contributed by atoms with Crippen LogP contribution < -0.4 is 5.32 Å². The minimum atomic E-state index is -0.142. The lowest BCUT2D eigenvalue weighted by Crippen LogP contribution is -2.38. The Kier molecular flexibility index (Phi) is 6.55. The molecule has 1 fully saturated rings. The molecule has 174 valence electrons. The van der Waals surface area contributed by atoms with Gasteiger partial charge in [-0.05, 0) is 50.2 Å². The maximum absolute atomic E-state index is 12.7. The van der Waals surface area contributed by atoms with E-state index in [2.05, 4.69) is 30.4 Å². The van der Waals surface area contributed by atoms with Gasteiger partial charge in [-0.2, -0.15) is 5.10 Å². The van der Waals surface area contributed by atoms with Gasteiger partial charge in [0.1, 0.15) is 5.69 Å². The number of hydrogen-bond donors (Lipinski definition) is 2. The number of morpholine rings is 1. The Labute approximate surface area is 197 Å². The van der Waals surface area contributed by atoms with Crippen molar-refractivity contribution in [2.75, 3.05) is 39.4 Å². The lowest BCUT2D eigenvalue weighted by molar-refractivity contribution is 0.0374. The van der Waals surface area contributed by atoms with E-state index in [0.29, 0.717) is 17.6 Å². The van der Waals surface area contributed by atoms with Crippen LogP contribution in [-0.2, 0) is 4.74 Å². The summed E-state index contributed by atoms with van der Waals surface area (Å²) in [5.41, 5.74) is 5.90. The van der Waals surface area contributed by atoms with Crippen LogP contribution in [0.2, 0.25) is 0 Å². The summed E-state index contributed by atoms with van der Waals surface area (Å²) in [5.74, 6) is -0.142. The third kappa shape index (κ3) is 4.95. The molecule has 1 aliphatic heterocycles. The summed E-state index contributed by atoms with van der Waals surface area (Å²) in [7, 11) is 0. The van der Waals surface area contributed by atoms with Crippen molar-refractivity contribution in [3.8, 4) is 22.6 Å². The van der Waals surface area contributed by atoms with Crippen LogP contribution in [0.25, 0.3) is 33.7 Å². The number of carbonyl (C=O) groups excluding carboxylic acids is 1. The molecule has 4 aromatic rings. The molecule has 34 heavy (non-hydrogen) atoms. The second-order valence-electron chi connectivity index (χ2n) is 8.33. The number of ether oxygens (including phenoxy) is 1. The average molecular weight is 458 g/mol. The fourth-order valence-electron chi connectivity index (χ4n) is 4.07. The summed E-state index contributed by atoms with van der Waals surface area (Å²) in [6.07, 6.45) is 4.30. The van der Waals surface area contributed by atoms with Crippen LogP contribution in [0.15, 0.2) is 48.8 Å². The number of nitrogens with one attached hydrogen (secondary N) is 2. The molecule has 5 heterocycles. The number of aromatic amines is 1. The first-order valence-corrected chi connectivity index (χ1v) is 11.5. The normalized spacial score (nSPS) is 14.4. The Bertz CT molecular complexity index is 1300. The number of amides is 1. The molecule has 0 spiro atoms. The van der Waals surface area contributed by atoms with E-state index in [4.69, 9.17) is 9.72 Å². The van der Waals surface area contributed by atoms with Crippen LogP contribution in [-0.4, -0.2) is 75.3 Å². The van der Waals surface area contributed by atoms with Crippen LogP contribution in [0.3, 0.4) is 0 Å². The molecule has 1 amide bonds. The fourth-order valence-corrected chi connectivity index (χ4v) is 4.07. The molecular weight excluding hydrogens is 430 g/mol. The van der Waals surface area contributed by atoms with Gasteiger partial charge in [-0.1, -0.05) is 6.07 Å². The number of rotatable bonds is 7. The van der Waals surface area contributed by atoms with Gasteiger partial charge in [-0.3, -0.25) is 24.8 Å². The van der Waals surface area contributed by atoms with E-state index in [1.54, 1.807) is 12.3 Å². The highest BCUT2D eigenvalue weighted by atomic mass is 16.5. The average Bonchev–Trinajstić information content (AvgIpc) is 3.37. The van der Waals surface area contributed by atoms with Gasteiger partial charge in [0.25, 0.3) is 5.91 Å². The summed E-state index contributed by atoms with van der Waals surface area (Å²) in [6, 6.07) is 11.4. The van der Waals surface area contributed by atoms with Crippen molar-refractivity contribution in [2.24, 2.45) is 0 Å². The quantitative estimate of drug-likeness (QED) is 0.411. The predicted octanol–water partition coefficient (Wildman–Crippen LogP) is 2.84. The van der Waals surface area contributed by atoms with Crippen molar-refractivity contribution in [3.05, 3.63) is 60.0 Å². The van der Waals surface area contributed by atoms with Gasteiger partial charge in [-0.25, -0.2) is 4.98 Å². The standard InChI is InChI=1S/C25H27N7O2/c1-17-4-2-5-22(29-17)24-19(16-28-31-24)20-6-7-21-23(30-20)14-18(15-27-21)25(33)26-8-3-9-32-10-12-34-13-11-32/h2,4-7,14-16H,3,8-13H2,1H3,(H,26,33)(H,28,31). The van der Waals surface area contributed by atoms with Crippen LogP contribution in [0, 0.1) is 6.92 Å². The third-order valence-corrected chi connectivity index (χ3v) is 5.89. The first-order valence-electron chi connectivity index (χ1n) is 11.5. The number of aromatic nitrogens is 5. The van der Waals surface area contributed by atoms with Crippen molar-refractivity contribution < 1.29 is 9.53 Å². The number of H-pyrrole nitrogens is 1. The smallest absolute Gasteiger partial charge is 0.252 e. The SMILES string of the molecule is Cc1cccc(-c2n[nH]cc2-c2ccc3ncc(C(=O)NCCCN4CCOCC4)cc3n2)n1. The molecule has 0 aromatic carbocycles. The van der Waals surface area contributed by atoms with E-state index in [1.807, 2.05) is 43.5 Å². The maximum atomic E-state index is 12.7. The van der Waals surface area contributed by atoms with E-state index in [1.165, 1.54) is 0 Å². The Morgan fingerprint density at radius 1 is 1.12 bits per heavy atom. The lowest BCUT2D eigenvalue weighted by Gasteiger charge is -2.26. The topological polar surface area (TPSA) is 109 Å². The molecular formula is C25H27N7O2. The van der Waals surface area contributed by atoms with Gasteiger partial charge in [0, 0.05) is 43.3 Å². The minimum Gasteiger partial charge on any atom is -0.379 e. The second kappa shape index (κ2) is 10.1. The maximum Gasteiger partial charge on any atom is 0.252 e. The zero-order valence-electron chi connectivity index (χ0n) is 19.1. The molecule has 0 atom stereocenters. The summed E-state index contributed by atoms with van der Waals surface area (Å²) in [5, 5.41) is 10.3. The summed E-state index contributed by atoms with van der Waals surface area (Å²) < 4.78 is 5.37. The Morgan fingerprint density at radius 2 is 2.00 bits per heavy atom. The number of nitrogens with zero attached hydrogens (tertiary/aromatic N) is 5. The first-order chi connectivity index (χ1) is 16.7. The van der Waals surface area contributed by atoms with E-state index >= 15 is 0 Å². The van der Waals surface area contributed by atoms with E-state index in [0.717, 1.165) is 73.1 Å². The Morgan fingerprint density at radius 3 is 2.85 bits per heavy atom. The highest BCUT2D eigenvalue weighted by Gasteiger charge is 2.15. The molecule has 0 unspecified atom stereocenters. The molecule has 0 aliphatic carbocycles. The summed E-state index contributed by atoms with van der Waals surface area (Å²) in [6.45, 7) is 6.99. The molecule has 4 aromatic heterocycles. The van der Waals surface area contributed by atoms with E-state index < -0.39 is 0 Å². The fraction of sp³-hybridized carbons (Fsp3) is 0.320. The second-order valence-corrected chi connectivity index (χ2v) is 8.33. The van der Waals surface area contributed by atoms with Crippen LogP contribution in [0.1, 0.15) is 22.5 Å². The number of hydrogen-bond acceptors (Lipinski definition) is 7. The molecule has 0 bridgehead atoms. The Balaban J connectivity index is 1.30. The largest absolute Gasteiger partial charge is 0.379 e. The van der Waals surface area contributed by atoms with Crippen molar-refractivity contribution in [1.29, 1.82) is 0 Å². The van der Waals surface area contributed by atoms with Gasteiger partial charge in [0.15, 0.2) is 0 Å². The molecule has 1 saturated heterocycles. The van der Waals surface area contributed by atoms with E-state index in [9.17, 15) is 4.79 Å². The number of carbonyl (C=O) groups is 1. The minimum absolute atomic E-state index is 0.142. The number of aryl methyl sites for hydroxylation is 1. The van der Waals surface area contributed by atoms with Gasteiger partial charge in [0.05, 0.1) is 41.2 Å². The Hall–Kier alpha value is -3.69. The predicted molar refractivity (Wildman–Crippen MR) is 129 cm³/mol. The number of fused-ring (bicyclic) bond motifs is 1. The third-order valence-electron chi connectivity index (χ3n) is 5.89.